The van der Waals surface area contributed by atoms with Crippen LogP contribution < -0.4 is 15.6 Å². The van der Waals surface area contributed by atoms with E-state index in [1.807, 2.05) is 24.3 Å². The molecule has 0 spiro atoms. The molecule has 1 aliphatic rings. The summed E-state index contributed by atoms with van der Waals surface area (Å²) < 4.78 is 25.8. The number of benzene rings is 2. The quantitative estimate of drug-likeness (QED) is 0.459. The summed E-state index contributed by atoms with van der Waals surface area (Å²) in [5.74, 6) is 0.506. The maximum absolute atomic E-state index is 12.6. The molecule has 4 rings (SSSR count). The van der Waals surface area contributed by atoms with E-state index < -0.39 is 10.0 Å². The van der Waals surface area contributed by atoms with E-state index in [1.165, 1.54) is 7.05 Å². The van der Waals surface area contributed by atoms with Crippen molar-refractivity contribution in [3.05, 3.63) is 75.8 Å². The van der Waals surface area contributed by atoms with E-state index in [9.17, 15) is 18.0 Å². The maximum atomic E-state index is 12.6. The molecular formula is C23H28N6O4S. The van der Waals surface area contributed by atoms with Crippen molar-refractivity contribution in [3.63, 3.8) is 0 Å². The predicted molar refractivity (Wildman–Crippen MR) is 130 cm³/mol. The van der Waals surface area contributed by atoms with Crippen molar-refractivity contribution in [1.82, 2.24) is 29.8 Å². The first-order valence-corrected chi connectivity index (χ1v) is 12.7. The molecular weight excluding hydrogens is 456 g/mol. The van der Waals surface area contributed by atoms with E-state index in [4.69, 9.17) is 0 Å². The molecule has 2 aromatic carbocycles. The molecule has 0 radical (unpaired) electrons. The van der Waals surface area contributed by atoms with Gasteiger partial charge in [-0.1, -0.05) is 36.4 Å². The van der Waals surface area contributed by atoms with Crippen LogP contribution >= 0.6 is 0 Å². The first-order valence-electron chi connectivity index (χ1n) is 11.0. The SMILES string of the molecule is CNS(=O)(=O)Cc1cccc(CNC(=O)N2CCN(Cc3nc4ccccc4c(=O)[nH]3)CC2)c1. The van der Waals surface area contributed by atoms with Crippen molar-refractivity contribution in [2.75, 3.05) is 33.2 Å². The molecule has 2 amide bonds. The molecule has 0 bridgehead atoms. The molecule has 0 atom stereocenters. The maximum Gasteiger partial charge on any atom is 0.317 e. The van der Waals surface area contributed by atoms with E-state index >= 15 is 0 Å². The molecule has 0 aliphatic carbocycles. The Morgan fingerprint density at radius 2 is 1.79 bits per heavy atom. The highest BCUT2D eigenvalue weighted by molar-refractivity contribution is 7.88. The van der Waals surface area contributed by atoms with Crippen LogP contribution in [0.25, 0.3) is 10.9 Å². The van der Waals surface area contributed by atoms with Crippen molar-refractivity contribution in [3.8, 4) is 0 Å². The Bertz CT molecular complexity index is 1330. The first kappa shape index (κ1) is 23.9. The Labute approximate surface area is 198 Å². The lowest BCUT2D eigenvalue weighted by Gasteiger charge is -2.34. The van der Waals surface area contributed by atoms with Gasteiger partial charge in [0.1, 0.15) is 5.82 Å². The summed E-state index contributed by atoms with van der Waals surface area (Å²) in [6.07, 6.45) is 0. The standard InChI is InChI=1S/C23H28N6O4S/c1-24-34(32,33)16-18-6-4-5-17(13-18)14-25-23(31)29-11-9-28(10-12-29)15-21-26-20-8-3-2-7-19(20)22(30)27-21/h2-8,13,24H,9-12,14-16H2,1H3,(H,25,31)(H,26,27,30). The number of nitrogens with one attached hydrogen (secondary N) is 3. The van der Waals surface area contributed by atoms with Gasteiger partial charge in [0.2, 0.25) is 10.0 Å². The molecule has 34 heavy (non-hydrogen) atoms. The van der Waals surface area contributed by atoms with Crippen molar-refractivity contribution < 1.29 is 13.2 Å². The number of carbonyl (C=O) groups excluding carboxylic acids is 1. The fourth-order valence-electron chi connectivity index (χ4n) is 3.94. The van der Waals surface area contributed by atoms with Crippen LogP contribution in [0.4, 0.5) is 4.79 Å². The molecule has 0 unspecified atom stereocenters. The van der Waals surface area contributed by atoms with Gasteiger partial charge in [0.05, 0.1) is 23.2 Å². The van der Waals surface area contributed by atoms with Crippen LogP contribution in [0, 0.1) is 0 Å². The van der Waals surface area contributed by atoms with Gasteiger partial charge in [-0.3, -0.25) is 9.69 Å². The van der Waals surface area contributed by atoms with E-state index in [0.717, 1.165) is 5.56 Å². The van der Waals surface area contributed by atoms with Crippen molar-refractivity contribution in [2.45, 2.75) is 18.8 Å². The Kier molecular flexibility index (Phi) is 7.25. The average Bonchev–Trinajstić information content (AvgIpc) is 2.83. The van der Waals surface area contributed by atoms with Crippen LogP contribution in [-0.4, -0.2) is 67.4 Å². The molecule has 1 fully saturated rings. The molecule has 11 heteroatoms. The van der Waals surface area contributed by atoms with Gasteiger partial charge in [-0.2, -0.15) is 0 Å². The van der Waals surface area contributed by atoms with Gasteiger partial charge in [0, 0.05) is 32.7 Å². The van der Waals surface area contributed by atoms with Crippen LogP contribution in [0.2, 0.25) is 0 Å². The Morgan fingerprint density at radius 3 is 2.56 bits per heavy atom. The minimum Gasteiger partial charge on any atom is -0.334 e. The third-order valence-corrected chi connectivity index (χ3v) is 7.13. The van der Waals surface area contributed by atoms with Crippen LogP contribution in [0.15, 0.2) is 53.3 Å². The van der Waals surface area contributed by atoms with E-state index in [1.54, 1.807) is 29.2 Å². The number of hydrogen-bond donors (Lipinski definition) is 3. The molecule has 0 saturated carbocycles. The second-order valence-electron chi connectivity index (χ2n) is 8.23. The predicted octanol–water partition coefficient (Wildman–Crippen LogP) is 1.000. The summed E-state index contributed by atoms with van der Waals surface area (Å²) in [5, 5.41) is 3.48. The zero-order chi connectivity index (χ0) is 24.1. The number of carbonyl (C=O) groups is 1. The second kappa shape index (κ2) is 10.3. The monoisotopic (exact) mass is 484 g/mol. The number of piperazine rings is 1. The molecule has 1 aliphatic heterocycles. The fraction of sp³-hybridized carbons (Fsp3) is 0.348. The van der Waals surface area contributed by atoms with Crippen molar-refractivity contribution >= 4 is 27.0 Å². The number of aromatic nitrogens is 2. The molecule has 180 valence electrons. The number of aromatic amines is 1. The van der Waals surface area contributed by atoms with Crippen LogP contribution in [0.1, 0.15) is 17.0 Å². The van der Waals surface area contributed by atoms with Crippen LogP contribution in [0.5, 0.6) is 0 Å². The largest absolute Gasteiger partial charge is 0.334 e. The number of para-hydroxylation sites is 1. The number of amides is 2. The number of fused-ring (bicyclic) bond motifs is 1. The number of urea groups is 1. The Morgan fingerprint density at radius 1 is 1.06 bits per heavy atom. The lowest BCUT2D eigenvalue weighted by Crippen LogP contribution is -2.51. The number of sulfonamides is 1. The van der Waals surface area contributed by atoms with E-state index in [-0.39, 0.29) is 17.3 Å². The zero-order valence-corrected chi connectivity index (χ0v) is 19.8. The van der Waals surface area contributed by atoms with Gasteiger partial charge >= 0.3 is 6.03 Å². The third-order valence-electron chi connectivity index (χ3n) is 5.80. The minimum atomic E-state index is -3.35. The zero-order valence-electron chi connectivity index (χ0n) is 19.0. The first-order chi connectivity index (χ1) is 16.3. The Balaban J connectivity index is 1.28. The summed E-state index contributed by atoms with van der Waals surface area (Å²) in [7, 11) is -1.97. The average molecular weight is 485 g/mol. The summed E-state index contributed by atoms with van der Waals surface area (Å²) in [4.78, 5) is 36.2. The van der Waals surface area contributed by atoms with Gasteiger partial charge in [-0.25, -0.2) is 22.9 Å². The molecule has 3 N–H and O–H groups in total. The Hall–Kier alpha value is -3.28. The molecule has 3 aromatic rings. The molecule has 1 aromatic heterocycles. The second-order valence-corrected chi connectivity index (χ2v) is 10.2. The number of nitrogens with zero attached hydrogens (tertiary/aromatic N) is 3. The summed E-state index contributed by atoms with van der Waals surface area (Å²) in [6, 6.07) is 14.3. The molecule has 1 saturated heterocycles. The van der Waals surface area contributed by atoms with E-state index in [2.05, 4.69) is 24.9 Å². The lowest BCUT2D eigenvalue weighted by atomic mass is 10.1. The normalized spacial score (nSPS) is 14.9. The number of hydrogen-bond acceptors (Lipinski definition) is 6. The van der Waals surface area contributed by atoms with Crippen molar-refractivity contribution in [1.29, 1.82) is 0 Å². The fourth-order valence-corrected chi connectivity index (χ4v) is 4.70. The number of rotatable bonds is 7. The highest BCUT2D eigenvalue weighted by Crippen LogP contribution is 2.11. The summed E-state index contributed by atoms with van der Waals surface area (Å²) in [5.41, 5.74) is 2.02. The third kappa shape index (κ3) is 5.99. The van der Waals surface area contributed by atoms with Gasteiger partial charge in [-0.15, -0.1) is 0 Å². The minimum absolute atomic E-state index is 0.107. The van der Waals surface area contributed by atoms with Crippen LogP contribution in [0.3, 0.4) is 0 Å². The smallest absolute Gasteiger partial charge is 0.317 e. The number of H-pyrrole nitrogens is 1. The molecule has 10 nitrogen and oxygen atoms in total. The van der Waals surface area contributed by atoms with Crippen molar-refractivity contribution in [2.24, 2.45) is 0 Å². The highest BCUT2D eigenvalue weighted by atomic mass is 32.2. The van der Waals surface area contributed by atoms with E-state index in [0.29, 0.717) is 61.6 Å². The topological polar surface area (TPSA) is 128 Å². The van der Waals surface area contributed by atoms with Gasteiger partial charge in [0.15, 0.2) is 0 Å². The van der Waals surface area contributed by atoms with Crippen LogP contribution in [-0.2, 0) is 28.9 Å². The summed E-state index contributed by atoms with van der Waals surface area (Å²) >= 11 is 0. The van der Waals surface area contributed by atoms with Gasteiger partial charge < -0.3 is 15.2 Å². The summed E-state index contributed by atoms with van der Waals surface area (Å²) in [6.45, 7) is 3.28. The highest BCUT2D eigenvalue weighted by Gasteiger charge is 2.21. The van der Waals surface area contributed by atoms with Gasteiger partial charge in [-0.05, 0) is 30.3 Å². The lowest BCUT2D eigenvalue weighted by molar-refractivity contribution is 0.133. The molecule has 2 heterocycles. The van der Waals surface area contributed by atoms with Gasteiger partial charge in [0.25, 0.3) is 5.56 Å².